The number of rotatable bonds is 4. The van der Waals surface area contributed by atoms with E-state index in [1.807, 2.05) is 6.07 Å². The molecule has 0 aliphatic carbocycles. The molecule has 3 aromatic rings. The second-order valence-corrected chi connectivity index (χ2v) is 6.94. The third-order valence-electron chi connectivity index (χ3n) is 5.14. The lowest BCUT2D eigenvalue weighted by atomic mass is 10.1. The highest BCUT2D eigenvalue weighted by atomic mass is 19.1. The Labute approximate surface area is 161 Å². The molecule has 0 radical (unpaired) electrons. The lowest BCUT2D eigenvalue weighted by molar-refractivity contribution is -0.135. The third-order valence-corrected chi connectivity index (χ3v) is 5.14. The van der Waals surface area contributed by atoms with E-state index in [0.717, 1.165) is 18.4 Å². The van der Waals surface area contributed by atoms with Gasteiger partial charge in [-0.15, -0.1) is 0 Å². The predicted octanol–water partition coefficient (Wildman–Crippen LogP) is 2.12. The van der Waals surface area contributed by atoms with E-state index in [4.69, 9.17) is 4.74 Å². The summed E-state index contributed by atoms with van der Waals surface area (Å²) in [6.45, 7) is 0.928. The van der Waals surface area contributed by atoms with Crippen molar-refractivity contribution in [3.05, 3.63) is 58.9 Å². The zero-order valence-corrected chi connectivity index (χ0v) is 15.5. The minimum absolute atomic E-state index is 0.124. The van der Waals surface area contributed by atoms with Gasteiger partial charge >= 0.3 is 5.69 Å². The molecule has 1 aliphatic heterocycles. The molecule has 28 heavy (non-hydrogen) atoms. The van der Waals surface area contributed by atoms with Crippen molar-refractivity contribution in [3.63, 3.8) is 0 Å². The number of nitrogens with zero attached hydrogens (tertiary/aromatic N) is 4. The molecule has 0 unspecified atom stereocenters. The van der Waals surface area contributed by atoms with Crippen LogP contribution in [0.1, 0.15) is 18.9 Å². The average molecular weight is 384 g/mol. The molecule has 2 aromatic heterocycles. The molecule has 0 saturated carbocycles. The number of pyridine rings is 1. The van der Waals surface area contributed by atoms with Crippen LogP contribution < -0.4 is 10.4 Å². The highest BCUT2D eigenvalue weighted by molar-refractivity contribution is 5.78. The molecule has 8 heteroatoms. The van der Waals surface area contributed by atoms with Crippen LogP contribution in [0.4, 0.5) is 4.39 Å². The molecule has 0 spiro atoms. The Bertz CT molecular complexity index is 1060. The standard InChI is InChI=1S/C20H21FN4O3/c1-23-17-5-2-10-22-19(17)25(20(23)27)15-4-3-11-24(12-15)18(26)13-28-16-8-6-14(21)7-9-16/h2,5-10,15H,3-4,11-13H2,1H3/t15-/m0/s1. The maximum absolute atomic E-state index is 13.0. The number of piperidine rings is 1. The number of imidazole rings is 1. The van der Waals surface area contributed by atoms with Gasteiger partial charge in [-0.25, -0.2) is 14.2 Å². The second kappa shape index (κ2) is 7.46. The van der Waals surface area contributed by atoms with E-state index >= 15 is 0 Å². The van der Waals surface area contributed by atoms with Crippen molar-refractivity contribution >= 4 is 17.1 Å². The molecule has 0 N–H and O–H groups in total. The molecule has 7 nitrogen and oxygen atoms in total. The summed E-state index contributed by atoms with van der Waals surface area (Å²) in [6.07, 6.45) is 3.27. The average Bonchev–Trinajstić information content (AvgIpc) is 2.98. The number of hydrogen-bond donors (Lipinski definition) is 0. The lowest BCUT2D eigenvalue weighted by Gasteiger charge is -2.33. The molecular formula is C20H21FN4O3. The first-order valence-electron chi connectivity index (χ1n) is 9.22. The predicted molar refractivity (Wildman–Crippen MR) is 102 cm³/mol. The largest absolute Gasteiger partial charge is 0.484 e. The van der Waals surface area contributed by atoms with Gasteiger partial charge in [0.05, 0.1) is 11.6 Å². The zero-order chi connectivity index (χ0) is 19.7. The van der Waals surface area contributed by atoms with Crippen LogP contribution in [-0.2, 0) is 11.8 Å². The van der Waals surface area contributed by atoms with E-state index in [-0.39, 0.29) is 30.1 Å². The molecule has 1 amide bonds. The van der Waals surface area contributed by atoms with Crippen LogP contribution in [0.5, 0.6) is 5.75 Å². The summed E-state index contributed by atoms with van der Waals surface area (Å²) < 4.78 is 21.7. The minimum Gasteiger partial charge on any atom is -0.484 e. The Hall–Kier alpha value is -3.16. The van der Waals surface area contributed by atoms with Gasteiger partial charge in [0.2, 0.25) is 0 Å². The van der Waals surface area contributed by atoms with E-state index in [9.17, 15) is 14.0 Å². The Morgan fingerprint density at radius 3 is 2.86 bits per heavy atom. The Kier molecular flexibility index (Phi) is 4.85. The summed E-state index contributed by atoms with van der Waals surface area (Å²) in [5, 5.41) is 0. The van der Waals surface area contributed by atoms with Gasteiger partial charge in [-0.3, -0.25) is 13.9 Å². The summed E-state index contributed by atoms with van der Waals surface area (Å²) in [6, 6.07) is 9.09. The van der Waals surface area contributed by atoms with E-state index in [2.05, 4.69) is 4.98 Å². The molecule has 0 bridgehead atoms. The van der Waals surface area contributed by atoms with Gasteiger partial charge in [-0.1, -0.05) is 0 Å². The summed E-state index contributed by atoms with van der Waals surface area (Å²) in [5.41, 5.74) is 1.28. The van der Waals surface area contributed by atoms with Crippen molar-refractivity contribution in [2.24, 2.45) is 7.05 Å². The summed E-state index contributed by atoms with van der Waals surface area (Å²) in [4.78, 5) is 31.4. The van der Waals surface area contributed by atoms with Gasteiger partial charge in [-0.2, -0.15) is 0 Å². The third kappa shape index (κ3) is 3.37. The van der Waals surface area contributed by atoms with E-state index in [1.165, 1.54) is 24.3 Å². The summed E-state index contributed by atoms with van der Waals surface area (Å²) >= 11 is 0. The fourth-order valence-corrected chi connectivity index (χ4v) is 3.68. The second-order valence-electron chi connectivity index (χ2n) is 6.94. The smallest absolute Gasteiger partial charge is 0.330 e. The number of amides is 1. The van der Waals surface area contributed by atoms with Gasteiger partial charge in [0.1, 0.15) is 11.6 Å². The number of benzene rings is 1. The van der Waals surface area contributed by atoms with Crippen molar-refractivity contribution in [1.29, 1.82) is 0 Å². The number of aromatic nitrogens is 3. The number of carbonyl (C=O) groups excluding carboxylic acids is 1. The Morgan fingerprint density at radius 1 is 1.29 bits per heavy atom. The fraction of sp³-hybridized carbons (Fsp3) is 0.350. The topological polar surface area (TPSA) is 69.4 Å². The molecule has 1 aliphatic rings. The first-order chi connectivity index (χ1) is 13.5. The maximum atomic E-state index is 13.0. The zero-order valence-electron chi connectivity index (χ0n) is 15.5. The molecular weight excluding hydrogens is 363 g/mol. The fourth-order valence-electron chi connectivity index (χ4n) is 3.68. The molecule has 146 valence electrons. The molecule has 1 fully saturated rings. The maximum Gasteiger partial charge on any atom is 0.330 e. The number of ether oxygens (including phenoxy) is 1. The molecule has 3 heterocycles. The molecule has 1 atom stereocenters. The summed E-state index contributed by atoms with van der Waals surface area (Å²) in [5.74, 6) is -0.0697. The summed E-state index contributed by atoms with van der Waals surface area (Å²) in [7, 11) is 1.73. The van der Waals surface area contributed by atoms with Gasteiger partial charge in [0.25, 0.3) is 5.91 Å². The van der Waals surface area contributed by atoms with Crippen molar-refractivity contribution in [1.82, 2.24) is 19.0 Å². The normalized spacial score (nSPS) is 17.1. The van der Waals surface area contributed by atoms with Crippen molar-refractivity contribution < 1.29 is 13.9 Å². The van der Waals surface area contributed by atoms with Gasteiger partial charge in [0.15, 0.2) is 12.3 Å². The van der Waals surface area contributed by atoms with E-state index < -0.39 is 0 Å². The van der Waals surface area contributed by atoms with Crippen molar-refractivity contribution in [3.8, 4) is 5.75 Å². The Balaban J connectivity index is 1.49. The number of aryl methyl sites for hydroxylation is 1. The van der Waals surface area contributed by atoms with Crippen molar-refractivity contribution in [2.45, 2.75) is 18.9 Å². The molecule has 4 rings (SSSR count). The first kappa shape index (κ1) is 18.2. The Morgan fingerprint density at radius 2 is 2.07 bits per heavy atom. The SMILES string of the molecule is Cn1c(=O)n([C@H]2CCCN(C(=O)COc3ccc(F)cc3)C2)c2ncccc21. The quantitative estimate of drug-likeness (QED) is 0.691. The van der Waals surface area contributed by atoms with Crippen LogP contribution in [0.2, 0.25) is 0 Å². The molecule has 1 aromatic carbocycles. The van der Waals surface area contributed by atoms with Crippen LogP contribution in [0.25, 0.3) is 11.2 Å². The number of fused-ring (bicyclic) bond motifs is 1. The number of hydrogen-bond acceptors (Lipinski definition) is 4. The van der Waals surface area contributed by atoms with Crippen LogP contribution in [0.3, 0.4) is 0 Å². The van der Waals surface area contributed by atoms with E-state index in [0.29, 0.717) is 24.5 Å². The monoisotopic (exact) mass is 384 g/mol. The van der Waals surface area contributed by atoms with Crippen LogP contribution in [0, 0.1) is 5.82 Å². The minimum atomic E-state index is -0.355. The highest BCUT2D eigenvalue weighted by Gasteiger charge is 2.28. The van der Waals surface area contributed by atoms with Crippen LogP contribution in [-0.4, -0.2) is 44.6 Å². The van der Waals surface area contributed by atoms with Crippen molar-refractivity contribution in [2.75, 3.05) is 19.7 Å². The van der Waals surface area contributed by atoms with Crippen LogP contribution in [0.15, 0.2) is 47.4 Å². The number of halogens is 1. The number of likely N-dealkylation sites (tertiary alicyclic amines) is 1. The first-order valence-corrected chi connectivity index (χ1v) is 9.22. The van der Waals surface area contributed by atoms with Gasteiger partial charge < -0.3 is 9.64 Å². The number of carbonyl (C=O) groups is 1. The van der Waals surface area contributed by atoms with E-state index in [1.54, 1.807) is 33.3 Å². The van der Waals surface area contributed by atoms with Gasteiger partial charge in [0, 0.05) is 26.3 Å². The lowest BCUT2D eigenvalue weighted by Crippen LogP contribution is -2.44. The molecule has 1 saturated heterocycles. The van der Waals surface area contributed by atoms with Crippen LogP contribution >= 0.6 is 0 Å². The highest BCUT2D eigenvalue weighted by Crippen LogP contribution is 2.24. The van der Waals surface area contributed by atoms with Gasteiger partial charge in [-0.05, 0) is 49.2 Å².